The molecular weight excluding hydrogens is 230 g/mol. The molecule has 3 heterocycles. The van der Waals surface area contributed by atoms with Crippen molar-refractivity contribution in [1.29, 1.82) is 0 Å². The molecule has 1 saturated heterocycles. The molecule has 18 heavy (non-hydrogen) atoms. The molecule has 0 N–H and O–H groups in total. The zero-order valence-electron chi connectivity index (χ0n) is 10.3. The highest BCUT2D eigenvalue weighted by molar-refractivity contribution is 5.37. The second-order valence-corrected chi connectivity index (χ2v) is 4.49. The Hall–Kier alpha value is -1.98. The number of nitrogens with zero attached hydrogens (tertiary/aromatic N) is 5. The number of rotatable bonds is 2. The fraction of sp³-hybridized carbons (Fsp3) is 0.500. The molecule has 0 radical (unpaired) electrons. The molecule has 2 aromatic rings. The van der Waals surface area contributed by atoms with E-state index in [-0.39, 0.29) is 0 Å². The average molecular weight is 245 g/mol. The third-order valence-corrected chi connectivity index (χ3v) is 3.28. The first-order valence-electron chi connectivity index (χ1n) is 6.14. The van der Waals surface area contributed by atoms with Crippen molar-refractivity contribution in [2.45, 2.75) is 25.7 Å². The Morgan fingerprint density at radius 1 is 1.28 bits per heavy atom. The Labute approximate surface area is 105 Å². The number of anilines is 1. The summed E-state index contributed by atoms with van der Waals surface area (Å²) in [4.78, 5) is 10.5. The van der Waals surface area contributed by atoms with Crippen LogP contribution in [0, 0.1) is 6.92 Å². The fourth-order valence-corrected chi connectivity index (χ4v) is 2.30. The topological polar surface area (TPSA) is 67.9 Å². The molecule has 6 heteroatoms. The second-order valence-electron chi connectivity index (χ2n) is 4.49. The molecule has 0 aromatic carbocycles. The summed E-state index contributed by atoms with van der Waals surface area (Å²) in [7, 11) is 0. The van der Waals surface area contributed by atoms with E-state index in [9.17, 15) is 0 Å². The molecule has 0 atom stereocenters. The minimum Gasteiger partial charge on any atom is -0.425 e. The number of hydrogen-bond donors (Lipinski definition) is 0. The molecule has 0 unspecified atom stereocenters. The lowest BCUT2D eigenvalue weighted by Gasteiger charge is -2.31. The summed E-state index contributed by atoms with van der Waals surface area (Å²) < 4.78 is 5.50. The molecule has 0 bridgehead atoms. The third kappa shape index (κ3) is 2.18. The first-order chi connectivity index (χ1) is 8.83. The van der Waals surface area contributed by atoms with Crippen LogP contribution >= 0.6 is 0 Å². The van der Waals surface area contributed by atoms with E-state index in [2.05, 4.69) is 25.1 Å². The van der Waals surface area contributed by atoms with Gasteiger partial charge < -0.3 is 9.32 Å². The van der Waals surface area contributed by atoms with Crippen molar-refractivity contribution >= 4 is 5.82 Å². The average Bonchev–Trinajstić information content (AvgIpc) is 2.87. The Bertz CT molecular complexity index is 504. The summed E-state index contributed by atoms with van der Waals surface area (Å²) in [5.41, 5.74) is 0. The molecule has 6 nitrogen and oxygen atoms in total. The summed E-state index contributed by atoms with van der Waals surface area (Å²) in [6.07, 6.45) is 5.40. The quantitative estimate of drug-likeness (QED) is 0.799. The van der Waals surface area contributed by atoms with Gasteiger partial charge in [-0.1, -0.05) is 0 Å². The van der Waals surface area contributed by atoms with Crippen LogP contribution in [0.4, 0.5) is 5.82 Å². The van der Waals surface area contributed by atoms with Gasteiger partial charge in [0.25, 0.3) is 0 Å². The van der Waals surface area contributed by atoms with E-state index in [0.717, 1.165) is 37.6 Å². The zero-order chi connectivity index (χ0) is 12.4. The number of hydrogen-bond acceptors (Lipinski definition) is 6. The van der Waals surface area contributed by atoms with Crippen molar-refractivity contribution in [1.82, 2.24) is 20.2 Å². The van der Waals surface area contributed by atoms with Crippen LogP contribution in [-0.2, 0) is 0 Å². The maximum atomic E-state index is 5.50. The number of piperidine rings is 1. The van der Waals surface area contributed by atoms with Gasteiger partial charge in [0.05, 0.1) is 0 Å². The molecule has 94 valence electrons. The Morgan fingerprint density at radius 2 is 2.11 bits per heavy atom. The zero-order valence-corrected chi connectivity index (χ0v) is 10.3. The van der Waals surface area contributed by atoms with Crippen molar-refractivity contribution in [3.05, 3.63) is 30.4 Å². The van der Waals surface area contributed by atoms with E-state index in [1.165, 1.54) is 0 Å². The molecule has 0 amide bonds. The van der Waals surface area contributed by atoms with Crippen molar-refractivity contribution in [3.63, 3.8) is 0 Å². The van der Waals surface area contributed by atoms with E-state index in [1.54, 1.807) is 12.5 Å². The smallest absolute Gasteiger partial charge is 0.219 e. The van der Waals surface area contributed by atoms with Crippen LogP contribution in [0.25, 0.3) is 0 Å². The van der Waals surface area contributed by atoms with Crippen LogP contribution in [0.15, 0.2) is 23.0 Å². The summed E-state index contributed by atoms with van der Waals surface area (Å²) in [6, 6.07) is 1.94. The third-order valence-electron chi connectivity index (χ3n) is 3.28. The molecule has 2 aromatic heterocycles. The highest BCUT2D eigenvalue weighted by Crippen LogP contribution is 2.28. The predicted molar refractivity (Wildman–Crippen MR) is 65.3 cm³/mol. The van der Waals surface area contributed by atoms with Gasteiger partial charge in [0.1, 0.15) is 12.1 Å². The monoisotopic (exact) mass is 245 g/mol. The molecule has 3 rings (SSSR count). The maximum Gasteiger partial charge on any atom is 0.219 e. The van der Waals surface area contributed by atoms with Crippen molar-refractivity contribution in [3.8, 4) is 0 Å². The first kappa shape index (κ1) is 11.1. The lowest BCUT2D eigenvalue weighted by atomic mass is 9.97. The van der Waals surface area contributed by atoms with Crippen LogP contribution in [-0.4, -0.2) is 33.3 Å². The van der Waals surface area contributed by atoms with Gasteiger partial charge in [-0.05, 0) is 18.9 Å². The fourth-order valence-electron chi connectivity index (χ4n) is 2.30. The molecule has 0 aliphatic carbocycles. The molecule has 1 aliphatic rings. The summed E-state index contributed by atoms with van der Waals surface area (Å²) in [5.74, 6) is 2.78. The Balaban J connectivity index is 1.65. The van der Waals surface area contributed by atoms with E-state index >= 15 is 0 Å². The summed E-state index contributed by atoms with van der Waals surface area (Å²) in [5, 5.41) is 7.99. The number of aromatic nitrogens is 4. The molecule has 1 aliphatic heterocycles. The van der Waals surface area contributed by atoms with E-state index in [4.69, 9.17) is 4.42 Å². The Kier molecular flexibility index (Phi) is 2.92. The molecule has 1 fully saturated rings. The van der Waals surface area contributed by atoms with Crippen molar-refractivity contribution < 1.29 is 4.42 Å². The van der Waals surface area contributed by atoms with Crippen LogP contribution in [0.1, 0.15) is 30.5 Å². The highest BCUT2D eigenvalue weighted by Gasteiger charge is 2.25. The van der Waals surface area contributed by atoms with E-state index in [1.807, 2.05) is 13.0 Å². The number of aryl methyl sites for hydroxylation is 1. The summed E-state index contributed by atoms with van der Waals surface area (Å²) in [6.45, 7) is 3.75. The van der Waals surface area contributed by atoms with E-state index in [0.29, 0.717) is 11.8 Å². The molecule has 0 saturated carbocycles. The van der Waals surface area contributed by atoms with Crippen LogP contribution in [0.2, 0.25) is 0 Å². The van der Waals surface area contributed by atoms with Gasteiger partial charge in [0, 0.05) is 32.1 Å². The van der Waals surface area contributed by atoms with E-state index < -0.39 is 0 Å². The second kappa shape index (κ2) is 4.72. The maximum absolute atomic E-state index is 5.50. The minimum atomic E-state index is 0.379. The van der Waals surface area contributed by atoms with Gasteiger partial charge in [-0.2, -0.15) is 0 Å². The van der Waals surface area contributed by atoms with Gasteiger partial charge in [0.15, 0.2) is 0 Å². The SMILES string of the molecule is Cc1nnc(C2CCN(c3ccncn3)CC2)o1. The van der Waals surface area contributed by atoms with Gasteiger partial charge in [0.2, 0.25) is 11.8 Å². The van der Waals surface area contributed by atoms with Gasteiger partial charge in [-0.15, -0.1) is 10.2 Å². The van der Waals surface area contributed by atoms with Crippen LogP contribution in [0.3, 0.4) is 0 Å². The lowest BCUT2D eigenvalue weighted by Crippen LogP contribution is -2.33. The largest absolute Gasteiger partial charge is 0.425 e. The standard InChI is InChI=1S/C12H15N5O/c1-9-15-16-12(18-9)10-3-6-17(7-4-10)11-2-5-13-8-14-11/h2,5,8,10H,3-4,6-7H2,1H3. The van der Waals surface area contributed by atoms with Gasteiger partial charge in [-0.3, -0.25) is 0 Å². The highest BCUT2D eigenvalue weighted by atomic mass is 16.4. The normalized spacial score (nSPS) is 17.1. The Morgan fingerprint density at radius 3 is 2.72 bits per heavy atom. The molecule has 0 spiro atoms. The van der Waals surface area contributed by atoms with Crippen molar-refractivity contribution in [2.75, 3.05) is 18.0 Å². The van der Waals surface area contributed by atoms with Crippen LogP contribution in [0.5, 0.6) is 0 Å². The van der Waals surface area contributed by atoms with Gasteiger partial charge in [-0.25, -0.2) is 9.97 Å². The first-order valence-corrected chi connectivity index (χ1v) is 6.14. The molecular formula is C12H15N5O. The minimum absolute atomic E-state index is 0.379. The van der Waals surface area contributed by atoms with Gasteiger partial charge >= 0.3 is 0 Å². The van der Waals surface area contributed by atoms with Crippen LogP contribution < -0.4 is 4.90 Å². The van der Waals surface area contributed by atoms with Crippen molar-refractivity contribution in [2.24, 2.45) is 0 Å². The predicted octanol–water partition coefficient (Wildman–Crippen LogP) is 1.55. The lowest BCUT2D eigenvalue weighted by molar-refractivity contribution is 0.382. The summed E-state index contributed by atoms with van der Waals surface area (Å²) >= 11 is 0.